The summed E-state index contributed by atoms with van der Waals surface area (Å²) in [4.78, 5) is 15.4. The molecule has 0 aromatic carbocycles. The fraction of sp³-hybridized carbons (Fsp3) is 0.529. The van der Waals surface area contributed by atoms with Crippen LogP contribution in [0.3, 0.4) is 0 Å². The number of thiophene rings is 1. The van der Waals surface area contributed by atoms with Crippen LogP contribution >= 0.6 is 23.1 Å². The molecule has 0 saturated heterocycles. The largest absolute Gasteiger partial charge is 0.418 e. The Hall–Kier alpha value is -2.27. The lowest BCUT2D eigenvalue weighted by molar-refractivity contribution is -0.129. The zero-order chi connectivity index (χ0) is 20.1. The summed E-state index contributed by atoms with van der Waals surface area (Å²) >= 11 is 2.86. The Morgan fingerprint density at radius 3 is 2.82 bits per heavy atom. The van der Waals surface area contributed by atoms with E-state index in [-0.39, 0.29) is 23.7 Å². The van der Waals surface area contributed by atoms with Crippen molar-refractivity contribution in [2.75, 3.05) is 12.3 Å². The topological polar surface area (TPSA) is 103 Å². The lowest BCUT2D eigenvalue weighted by atomic mass is 10.1. The van der Waals surface area contributed by atoms with Gasteiger partial charge in [-0.2, -0.15) is 0 Å². The van der Waals surface area contributed by atoms with E-state index in [1.165, 1.54) is 23.1 Å². The third kappa shape index (κ3) is 4.96. The van der Waals surface area contributed by atoms with Crippen LogP contribution in [0.2, 0.25) is 0 Å². The summed E-state index contributed by atoms with van der Waals surface area (Å²) < 4.78 is 7.44. The van der Waals surface area contributed by atoms with Gasteiger partial charge in [0.1, 0.15) is 0 Å². The molecule has 3 aromatic rings. The highest BCUT2D eigenvalue weighted by Crippen LogP contribution is 2.24. The van der Waals surface area contributed by atoms with E-state index >= 15 is 0 Å². The lowest BCUT2D eigenvalue weighted by Gasteiger charge is -2.21. The standard InChI is InChI=1S/C17H23N7O2S2/c1-5-8-23(10-13-18-19-15(26-13)12-7-6-9-27-12)14(25)11-28-16-20-21-22-24(16)17(2,3)4/h6-7,9H,5,8,10-11H2,1-4H3. The first kappa shape index (κ1) is 20.5. The number of amides is 1. The van der Waals surface area contributed by atoms with Gasteiger partial charge in [0.25, 0.3) is 5.89 Å². The van der Waals surface area contributed by atoms with Gasteiger partial charge >= 0.3 is 0 Å². The van der Waals surface area contributed by atoms with E-state index in [4.69, 9.17) is 4.42 Å². The number of nitrogens with zero attached hydrogens (tertiary/aromatic N) is 7. The van der Waals surface area contributed by atoms with Gasteiger partial charge in [-0.3, -0.25) is 4.79 Å². The minimum Gasteiger partial charge on any atom is -0.418 e. The van der Waals surface area contributed by atoms with Gasteiger partial charge in [-0.1, -0.05) is 24.8 Å². The maximum absolute atomic E-state index is 12.8. The molecule has 1 amide bonds. The summed E-state index contributed by atoms with van der Waals surface area (Å²) in [6.45, 7) is 8.97. The Kier molecular flexibility index (Phi) is 6.45. The Bertz CT molecular complexity index is 899. The van der Waals surface area contributed by atoms with Crippen LogP contribution in [0.1, 0.15) is 40.0 Å². The molecular formula is C17H23N7O2S2. The molecule has 0 fully saturated rings. The molecule has 9 nitrogen and oxygen atoms in total. The van der Waals surface area contributed by atoms with Crippen molar-refractivity contribution in [3.63, 3.8) is 0 Å². The molecule has 0 aliphatic heterocycles. The molecule has 0 aliphatic carbocycles. The minimum absolute atomic E-state index is 0.0221. The van der Waals surface area contributed by atoms with Gasteiger partial charge in [-0.15, -0.1) is 26.6 Å². The molecule has 150 valence electrons. The van der Waals surface area contributed by atoms with Crippen LogP contribution in [0.25, 0.3) is 10.8 Å². The summed E-state index contributed by atoms with van der Waals surface area (Å²) in [7, 11) is 0. The van der Waals surface area contributed by atoms with Crippen molar-refractivity contribution in [3.05, 3.63) is 23.4 Å². The molecule has 0 bridgehead atoms. The van der Waals surface area contributed by atoms with Crippen LogP contribution in [0.5, 0.6) is 0 Å². The third-order valence-corrected chi connectivity index (χ3v) is 5.53. The van der Waals surface area contributed by atoms with Crippen LogP contribution < -0.4 is 0 Å². The molecule has 3 rings (SSSR count). The first-order valence-corrected chi connectivity index (χ1v) is 10.8. The van der Waals surface area contributed by atoms with Crippen LogP contribution in [0, 0.1) is 0 Å². The molecule has 3 aromatic heterocycles. The average molecular weight is 422 g/mol. The zero-order valence-corrected chi connectivity index (χ0v) is 18.0. The number of hydrogen-bond acceptors (Lipinski definition) is 9. The van der Waals surface area contributed by atoms with E-state index in [9.17, 15) is 4.79 Å². The highest BCUT2D eigenvalue weighted by molar-refractivity contribution is 7.99. The predicted molar refractivity (Wildman–Crippen MR) is 107 cm³/mol. The number of hydrogen-bond donors (Lipinski definition) is 0. The maximum atomic E-state index is 12.8. The second kappa shape index (κ2) is 8.82. The molecule has 11 heteroatoms. The first-order valence-electron chi connectivity index (χ1n) is 8.94. The predicted octanol–water partition coefficient (Wildman–Crippen LogP) is 3.07. The van der Waals surface area contributed by atoms with Gasteiger partial charge in [0, 0.05) is 6.54 Å². The molecule has 0 N–H and O–H groups in total. The lowest BCUT2D eigenvalue weighted by Crippen LogP contribution is -2.33. The summed E-state index contributed by atoms with van der Waals surface area (Å²) in [6.07, 6.45) is 0.835. The maximum Gasteiger partial charge on any atom is 0.257 e. The van der Waals surface area contributed by atoms with E-state index in [2.05, 4.69) is 25.7 Å². The average Bonchev–Trinajstić information content (AvgIpc) is 3.38. The summed E-state index contributed by atoms with van der Waals surface area (Å²) in [5.74, 6) is 1.12. The minimum atomic E-state index is -0.250. The molecule has 0 saturated carbocycles. The number of aromatic nitrogens is 6. The van der Waals surface area contributed by atoms with Crippen LogP contribution in [0.4, 0.5) is 0 Å². The normalized spacial score (nSPS) is 11.7. The summed E-state index contributed by atoms with van der Waals surface area (Å²) in [5, 5.41) is 22.5. The van der Waals surface area contributed by atoms with Crippen LogP contribution in [-0.2, 0) is 16.9 Å². The highest BCUT2D eigenvalue weighted by atomic mass is 32.2. The zero-order valence-electron chi connectivity index (χ0n) is 16.3. The van der Waals surface area contributed by atoms with Crippen molar-refractivity contribution in [2.45, 2.75) is 51.4 Å². The highest BCUT2D eigenvalue weighted by Gasteiger charge is 2.23. The molecular weight excluding hydrogens is 398 g/mol. The smallest absolute Gasteiger partial charge is 0.257 e. The summed E-state index contributed by atoms with van der Waals surface area (Å²) in [5.41, 5.74) is -0.250. The van der Waals surface area contributed by atoms with Gasteiger partial charge in [0.2, 0.25) is 17.0 Å². The van der Waals surface area contributed by atoms with Gasteiger partial charge in [-0.05, 0) is 49.1 Å². The molecule has 0 atom stereocenters. The second-order valence-corrected chi connectivity index (χ2v) is 9.02. The van der Waals surface area contributed by atoms with Crippen molar-refractivity contribution in [1.82, 2.24) is 35.3 Å². The van der Waals surface area contributed by atoms with E-state index in [0.29, 0.717) is 23.5 Å². The Morgan fingerprint density at radius 2 is 2.14 bits per heavy atom. The van der Waals surface area contributed by atoms with Crippen LogP contribution in [-0.4, -0.2) is 53.5 Å². The molecule has 0 unspecified atom stereocenters. The number of tetrazole rings is 1. The van der Waals surface area contributed by atoms with Gasteiger partial charge in [-0.25, -0.2) is 4.68 Å². The molecule has 0 spiro atoms. The van der Waals surface area contributed by atoms with Gasteiger partial charge in [0.15, 0.2) is 0 Å². The Balaban J connectivity index is 1.64. The van der Waals surface area contributed by atoms with E-state index in [0.717, 1.165) is 11.3 Å². The quantitative estimate of drug-likeness (QED) is 0.511. The Labute approximate surface area is 171 Å². The van der Waals surface area contributed by atoms with Crippen molar-refractivity contribution < 1.29 is 9.21 Å². The van der Waals surface area contributed by atoms with E-state index in [1.807, 2.05) is 45.2 Å². The van der Waals surface area contributed by atoms with E-state index in [1.54, 1.807) is 9.58 Å². The van der Waals surface area contributed by atoms with E-state index < -0.39 is 0 Å². The first-order chi connectivity index (χ1) is 13.4. The van der Waals surface area contributed by atoms with Crippen molar-refractivity contribution in [1.29, 1.82) is 0 Å². The summed E-state index contributed by atoms with van der Waals surface area (Å²) in [6, 6.07) is 3.85. The monoisotopic (exact) mass is 421 g/mol. The number of carbonyl (C=O) groups is 1. The van der Waals surface area contributed by atoms with Gasteiger partial charge in [0.05, 0.1) is 22.7 Å². The van der Waals surface area contributed by atoms with Gasteiger partial charge < -0.3 is 9.32 Å². The second-order valence-electron chi connectivity index (χ2n) is 7.13. The van der Waals surface area contributed by atoms with Crippen molar-refractivity contribution in [3.8, 4) is 10.8 Å². The fourth-order valence-electron chi connectivity index (χ4n) is 2.45. The Morgan fingerprint density at radius 1 is 1.32 bits per heavy atom. The fourth-order valence-corrected chi connectivity index (χ4v) is 4.06. The SMILES string of the molecule is CCCN(Cc1nnc(-c2cccs2)o1)C(=O)CSc1nnnn1C(C)(C)C. The van der Waals surface area contributed by atoms with Crippen molar-refractivity contribution >= 4 is 29.0 Å². The van der Waals surface area contributed by atoms with Crippen LogP contribution in [0.15, 0.2) is 27.1 Å². The van der Waals surface area contributed by atoms with Crippen molar-refractivity contribution in [2.24, 2.45) is 0 Å². The molecule has 28 heavy (non-hydrogen) atoms. The molecule has 0 aliphatic rings. The third-order valence-electron chi connectivity index (χ3n) is 3.77. The molecule has 0 radical (unpaired) electrons. The molecule has 3 heterocycles. The number of thioether (sulfide) groups is 1. The number of rotatable bonds is 8. The number of carbonyl (C=O) groups excluding carboxylic acids is 1.